The summed E-state index contributed by atoms with van der Waals surface area (Å²) in [6, 6.07) is 10.0. The van der Waals surface area contributed by atoms with E-state index in [1.54, 1.807) is 31.4 Å². The second kappa shape index (κ2) is 11.6. The van der Waals surface area contributed by atoms with Crippen molar-refractivity contribution >= 4 is 5.96 Å². The Hall–Kier alpha value is -2.71. The number of hydrogen-bond donors (Lipinski definition) is 2. The lowest BCUT2D eigenvalue weighted by Gasteiger charge is -2.37. The number of pyridine rings is 1. The maximum Gasteiger partial charge on any atom is 0.219 e. The van der Waals surface area contributed by atoms with E-state index in [4.69, 9.17) is 9.47 Å². The highest BCUT2D eigenvalue weighted by molar-refractivity contribution is 5.79. The van der Waals surface area contributed by atoms with Gasteiger partial charge < -0.3 is 20.1 Å². The van der Waals surface area contributed by atoms with Gasteiger partial charge in [0.2, 0.25) is 5.88 Å². The minimum atomic E-state index is -0.298. The highest BCUT2D eigenvalue weighted by Crippen LogP contribution is 2.19. The average Bonchev–Trinajstić information content (AvgIpc) is 2.79. The van der Waals surface area contributed by atoms with Gasteiger partial charge in [-0.25, -0.2) is 9.37 Å². The van der Waals surface area contributed by atoms with Crippen LogP contribution in [-0.2, 0) is 11.3 Å². The molecule has 1 saturated heterocycles. The maximum absolute atomic E-state index is 13.0. The van der Waals surface area contributed by atoms with Gasteiger partial charge in [-0.2, -0.15) is 0 Å². The first-order chi connectivity index (χ1) is 15.0. The van der Waals surface area contributed by atoms with Crippen LogP contribution in [0.3, 0.4) is 0 Å². The number of benzene rings is 1. The van der Waals surface area contributed by atoms with E-state index < -0.39 is 0 Å². The zero-order valence-electron chi connectivity index (χ0n) is 18.5. The lowest BCUT2D eigenvalue weighted by atomic mass is 10.0. The topological polar surface area (TPSA) is 71.0 Å². The van der Waals surface area contributed by atoms with Crippen molar-refractivity contribution in [1.82, 2.24) is 20.5 Å². The molecule has 2 N–H and O–H groups in total. The SMILES string of the molecule is CN=C(NCc1ccc(Oc2ccc(F)cc2)nc1)NCC(C(C)C)N1CCOCC1. The third-order valence-corrected chi connectivity index (χ3v) is 5.28. The summed E-state index contributed by atoms with van der Waals surface area (Å²) in [7, 11) is 1.77. The van der Waals surface area contributed by atoms with Crippen molar-refractivity contribution < 1.29 is 13.9 Å². The molecule has 0 amide bonds. The van der Waals surface area contributed by atoms with E-state index in [1.807, 2.05) is 6.07 Å². The molecule has 8 heteroatoms. The third kappa shape index (κ3) is 7.18. The van der Waals surface area contributed by atoms with Gasteiger partial charge in [0.25, 0.3) is 0 Å². The molecular formula is C23H32FN5O2. The van der Waals surface area contributed by atoms with Gasteiger partial charge >= 0.3 is 0 Å². The average molecular weight is 430 g/mol. The van der Waals surface area contributed by atoms with Crippen molar-refractivity contribution in [1.29, 1.82) is 0 Å². The van der Waals surface area contributed by atoms with Crippen molar-refractivity contribution in [3.8, 4) is 11.6 Å². The first kappa shape index (κ1) is 23.0. The Kier molecular flexibility index (Phi) is 8.61. The summed E-state index contributed by atoms with van der Waals surface area (Å²) in [6.07, 6.45) is 1.75. The lowest BCUT2D eigenvalue weighted by molar-refractivity contribution is 0.00752. The van der Waals surface area contributed by atoms with Crippen LogP contribution in [0.25, 0.3) is 0 Å². The van der Waals surface area contributed by atoms with E-state index in [2.05, 4.69) is 39.4 Å². The van der Waals surface area contributed by atoms with Crippen LogP contribution in [0, 0.1) is 11.7 Å². The standard InChI is InChI=1S/C23H32FN5O2/c1-17(2)21(29-10-12-30-13-11-29)16-28-23(25-3)27-15-18-4-9-22(26-14-18)31-20-7-5-19(24)6-8-20/h4-9,14,17,21H,10-13,15-16H2,1-3H3,(H2,25,27,28). The lowest BCUT2D eigenvalue weighted by Crippen LogP contribution is -2.52. The predicted molar refractivity (Wildman–Crippen MR) is 120 cm³/mol. The van der Waals surface area contributed by atoms with Crippen LogP contribution in [0.2, 0.25) is 0 Å². The Bertz CT molecular complexity index is 821. The van der Waals surface area contributed by atoms with E-state index >= 15 is 0 Å². The van der Waals surface area contributed by atoms with Crippen molar-refractivity contribution in [3.05, 3.63) is 54.0 Å². The molecule has 1 atom stereocenters. The molecule has 31 heavy (non-hydrogen) atoms. The molecule has 0 saturated carbocycles. The largest absolute Gasteiger partial charge is 0.439 e. The molecule has 1 aromatic heterocycles. The molecule has 0 aliphatic carbocycles. The van der Waals surface area contributed by atoms with Gasteiger partial charge in [0.05, 0.1) is 13.2 Å². The van der Waals surface area contributed by atoms with Crippen LogP contribution in [0.15, 0.2) is 47.6 Å². The Balaban J connectivity index is 1.47. The molecule has 0 bridgehead atoms. The first-order valence-electron chi connectivity index (χ1n) is 10.7. The second-order valence-electron chi connectivity index (χ2n) is 7.83. The van der Waals surface area contributed by atoms with Gasteiger partial charge in [0.15, 0.2) is 5.96 Å². The molecular weight excluding hydrogens is 397 g/mol. The van der Waals surface area contributed by atoms with E-state index in [0.717, 1.165) is 44.4 Å². The van der Waals surface area contributed by atoms with Crippen LogP contribution in [0.5, 0.6) is 11.6 Å². The van der Waals surface area contributed by atoms with Gasteiger partial charge in [-0.05, 0) is 35.7 Å². The summed E-state index contributed by atoms with van der Waals surface area (Å²) in [5.74, 6) is 1.99. The highest BCUT2D eigenvalue weighted by atomic mass is 19.1. The summed E-state index contributed by atoms with van der Waals surface area (Å²) >= 11 is 0. The fourth-order valence-electron chi connectivity index (χ4n) is 3.50. The number of ether oxygens (including phenoxy) is 2. The molecule has 7 nitrogen and oxygen atoms in total. The minimum absolute atomic E-state index is 0.298. The molecule has 1 fully saturated rings. The summed E-state index contributed by atoms with van der Waals surface area (Å²) in [5.41, 5.74) is 1.00. The van der Waals surface area contributed by atoms with Gasteiger partial charge in [-0.1, -0.05) is 19.9 Å². The number of rotatable bonds is 8. The molecule has 3 rings (SSSR count). The monoisotopic (exact) mass is 429 g/mol. The Morgan fingerprint density at radius 2 is 1.90 bits per heavy atom. The quantitative estimate of drug-likeness (QED) is 0.497. The van der Waals surface area contributed by atoms with Crippen molar-refractivity contribution in [2.75, 3.05) is 39.9 Å². The maximum atomic E-state index is 13.0. The fourth-order valence-corrected chi connectivity index (χ4v) is 3.50. The molecule has 0 spiro atoms. The van der Waals surface area contributed by atoms with Crippen LogP contribution in [0.4, 0.5) is 4.39 Å². The normalized spacial score (nSPS) is 16.2. The predicted octanol–water partition coefficient (Wildman–Crippen LogP) is 3.03. The Morgan fingerprint density at radius 1 is 1.16 bits per heavy atom. The van der Waals surface area contributed by atoms with Gasteiger partial charge in [-0.3, -0.25) is 9.89 Å². The molecule has 0 radical (unpaired) electrons. The molecule has 1 aliphatic rings. The van der Waals surface area contributed by atoms with E-state index in [9.17, 15) is 4.39 Å². The van der Waals surface area contributed by atoms with Gasteiger partial charge in [0.1, 0.15) is 11.6 Å². The Labute approximate surface area is 183 Å². The molecule has 1 unspecified atom stereocenters. The summed E-state index contributed by atoms with van der Waals surface area (Å²) < 4.78 is 24.1. The summed E-state index contributed by atoms with van der Waals surface area (Å²) in [6.45, 7) is 9.43. The summed E-state index contributed by atoms with van der Waals surface area (Å²) in [4.78, 5) is 11.1. The number of aromatic nitrogens is 1. The second-order valence-corrected chi connectivity index (χ2v) is 7.83. The van der Waals surface area contributed by atoms with Gasteiger partial charge in [-0.15, -0.1) is 0 Å². The number of halogens is 1. The number of morpholine rings is 1. The number of nitrogens with zero attached hydrogens (tertiary/aromatic N) is 3. The van der Waals surface area contributed by atoms with Crippen LogP contribution < -0.4 is 15.4 Å². The number of guanidine groups is 1. The zero-order valence-corrected chi connectivity index (χ0v) is 18.5. The first-order valence-corrected chi connectivity index (χ1v) is 10.7. The third-order valence-electron chi connectivity index (χ3n) is 5.28. The molecule has 2 aromatic rings. The highest BCUT2D eigenvalue weighted by Gasteiger charge is 2.23. The van der Waals surface area contributed by atoms with Crippen molar-refractivity contribution in [2.45, 2.75) is 26.4 Å². The van der Waals surface area contributed by atoms with Crippen LogP contribution >= 0.6 is 0 Å². The fraction of sp³-hybridized carbons (Fsp3) is 0.478. The van der Waals surface area contributed by atoms with Crippen molar-refractivity contribution in [2.24, 2.45) is 10.9 Å². The van der Waals surface area contributed by atoms with E-state index in [1.165, 1.54) is 12.1 Å². The molecule has 1 aliphatic heterocycles. The van der Waals surface area contributed by atoms with Crippen LogP contribution in [-0.4, -0.2) is 61.8 Å². The Morgan fingerprint density at radius 3 is 2.52 bits per heavy atom. The molecule has 168 valence electrons. The van der Waals surface area contributed by atoms with Gasteiger partial charge in [0, 0.05) is 51.5 Å². The summed E-state index contributed by atoms with van der Waals surface area (Å²) in [5, 5.41) is 6.78. The van der Waals surface area contributed by atoms with E-state index in [0.29, 0.717) is 30.1 Å². The number of aliphatic imine (C=N–C) groups is 1. The molecule has 2 heterocycles. The minimum Gasteiger partial charge on any atom is -0.439 e. The smallest absolute Gasteiger partial charge is 0.219 e. The van der Waals surface area contributed by atoms with Crippen LogP contribution in [0.1, 0.15) is 19.4 Å². The van der Waals surface area contributed by atoms with E-state index in [-0.39, 0.29) is 5.82 Å². The molecule has 1 aromatic carbocycles. The number of hydrogen-bond acceptors (Lipinski definition) is 5. The number of nitrogens with one attached hydrogen (secondary N) is 2. The van der Waals surface area contributed by atoms with Crippen molar-refractivity contribution in [3.63, 3.8) is 0 Å². The zero-order chi connectivity index (χ0) is 22.1.